The van der Waals surface area contributed by atoms with Crippen LogP contribution in [0.4, 0.5) is 0 Å². The van der Waals surface area contributed by atoms with Crippen LogP contribution in [0.3, 0.4) is 0 Å². The maximum absolute atomic E-state index is 12.3. The minimum absolute atomic E-state index is 0.0566. The summed E-state index contributed by atoms with van der Waals surface area (Å²) in [6, 6.07) is 8.96. The van der Waals surface area contributed by atoms with Gasteiger partial charge in [-0.25, -0.2) is 4.79 Å². The molecule has 1 aromatic heterocycles. The van der Waals surface area contributed by atoms with Gasteiger partial charge >= 0.3 is 5.97 Å². The van der Waals surface area contributed by atoms with Crippen molar-refractivity contribution in [1.29, 1.82) is 0 Å². The zero-order chi connectivity index (χ0) is 22.1. The predicted octanol–water partition coefficient (Wildman–Crippen LogP) is 7.19. The molecule has 1 aliphatic carbocycles. The normalized spacial score (nSPS) is 16.0. The zero-order valence-electron chi connectivity index (χ0n) is 19.9. The quantitative estimate of drug-likeness (QED) is 0.543. The molecule has 2 aromatic rings. The Bertz CT molecular complexity index is 854. The van der Waals surface area contributed by atoms with Crippen LogP contribution >= 0.6 is 0 Å². The Hall–Kier alpha value is -2.03. The van der Waals surface area contributed by atoms with Gasteiger partial charge in [0.1, 0.15) is 5.69 Å². The molecule has 0 atom stereocenters. The SMILES string of the molecule is COC(=O)c1cc(-c2cc(C(C)(C)C)cc(C(C)(C)C)c2)c(CC2CCCCC2)[nH]1. The van der Waals surface area contributed by atoms with Gasteiger partial charge < -0.3 is 9.72 Å². The summed E-state index contributed by atoms with van der Waals surface area (Å²) in [6.07, 6.45) is 7.54. The molecular weight excluding hydrogens is 370 g/mol. The number of aromatic amines is 1. The van der Waals surface area contributed by atoms with Crippen LogP contribution in [0, 0.1) is 5.92 Å². The highest BCUT2D eigenvalue weighted by atomic mass is 16.5. The number of aromatic nitrogens is 1. The highest BCUT2D eigenvalue weighted by molar-refractivity contribution is 5.90. The molecule has 1 heterocycles. The first-order valence-corrected chi connectivity index (χ1v) is 11.5. The minimum Gasteiger partial charge on any atom is -0.464 e. The Morgan fingerprint density at radius 2 is 1.50 bits per heavy atom. The van der Waals surface area contributed by atoms with Gasteiger partial charge in [-0.15, -0.1) is 0 Å². The Balaban J connectivity index is 2.12. The van der Waals surface area contributed by atoms with Crippen LogP contribution in [0.2, 0.25) is 0 Å². The maximum atomic E-state index is 12.3. The van der Waals surface area contributed by atoms with E-state index in [-0.39, 0.29) is 16.8 Å². The molecule has 1 fully saturated rings. The Kier molecular flexibility index (Phi) is 6.50. The molecule has 1 N–H and O–H groups in total. The third kappa shape index (κ3) is 5.17. The molecule has 0 aliphatic heterocycles. The third-order valence-electron chi connectivity index (χ3n) is 6.50. The lowest BCUT2D eigenvalue weighted by atomic mass is 9.78. The fraction of sp³-hybridized carbons (Fsp3) is 0.593. The molecule has 164 valence electrons. The topological polar surface area (TPSA) is 42.1 Å². The van der Waals surface area contributed by atoms with Gasteiger partial charge in [0.15, 0.2) is 0 Å². The number of nitrogens with one attached hydrogen (secondary N) is 1. The molecule has 0 unspecified atom stereocenters. The molecule has 3 nitrogen and oxygen atoms in total. The van der Waals surface area contributed by atoms with E-state index in [1.165, 1.54) is 61.6 Å². The largest absolute Gasteiger partial charge is 0.464 e. The number of esters is 1. The van der Waals surface area contributed by atoms with Crippen molar-refractivity contribution in [2.75, 3.05) is 7.11 Å². The lowest BCUT2D eigenvalue weighted by Crippen LogP contribution is -2.16. The zero-order valence-corrected chi connectivity index (χ0v) is 19.9. The number of rotatable bonds is 4. The summed E-state index contributed by atoms with van der Waals surface area (Å²) in [6.45, 7) is 13.6. The number of carbonyl (C=O) groups excluding carboxylic acids is 1. The summed E-state index contributed by atoms with van der Waals surface area (Å²) >= 11 is 0. The summed E-state index contributed by atoms with van der Waals surface area (Å²) in [5.41, 5.74) is 6.85. The fourth-order valence-electron chi connectivity index (χ4n) is 4.46. The molecule has 30 heavy (non-hydrogen) atoms. The molecule has 0 amide bonds. The number of ether oxygens (including phenoxy) is 1. The first-order valence-electron chi connectivity index (χ1n) is 11.5. The number of carbonyl (C=O) groups is 1. The van der Waals surface area contributed by atoms with Crippen molar-refractivity contribution in [1.82, 2.24) is 4.98 Å². The van der Waals surface area contributed by atoms with E-state index < -0.39 is 0 Å². The lowest BCUT2D eigenvalue weighted by Gasteiger charge is -2.26. The smallest absolute Gasteiger partial charge is 0.354 e. The van der Waals surface area contributed by atoms with Crippen molar-refractivity contribution in [2.45, 2.75) is 90.9 Å². The van der Waals surface area contributed by atoms with Crippen LogP contribution in [-0.2, 0) is 22.0 Å². The van der Waals surface area contributed by atoms with Crippen molar-refractivity contribution in [3.63, 3.8) is 0 Å². The number of methoxy groups -OCH3 is 1. The van der Waals surface area contributed by atoms with Gasteiger partial charge in [-0.05, 0) is 45.9 Å². The Morgan fingerprint density at radius 1 is 0.933 bits per heavy atom. The van der Waals surface area contributed by atoms with Crippen molar-refractivity contribution in [3.05, 3.63) is 46.8 Å². The molecule has 3 rings (SSSR count). The van der Waals surface area contributed by atoms with Gasteiger partial charge in [0.05, 0.1) is 7.11 Å². The number of benzene rings is 1. The van der Waals surface area contributed by atoms with Gasteiger partial charge in [-0.2, -0.15) is 0 Å². The van der Waals surface area contributed by atoms with E-state index in [2.05, 4.69) is 64.7 Å². The number of H-pyrrole nitrogens is 1. The first-order chi connectivity index (χ1) is 14.0. The average Bonchev–Trinajstić information content (AvgIpc) is 3.10. The molecule has 0 bridgehead atoms. The van der Waals surface area contributed by atoms with E-state index >= 15 is 0 Å². The summed E-state index contributed by atoms with van der Waals surface area (Å²) in [7, 11) is 1.45. The third-order valence-corrected chi connectivity index (χ3v) is 6.50. The molecule has 3 heteroatoms. The second kappa shape index (κ2) is 8.61. The van der Waals surface area contributed by atoms with E-state index in [1.54, 1.807) is 0 Å². The molecule has 1 saturated carbocycles. The summed E-state index contributed by atoms with van der Waals surface area (Å²) in [4.78, 5) is 15.7. The Labute approximate surface area is 182 Å². The van der Waals surface area contributed by atoms with Crippen molar-refractivity contribution in [3.8, 4) is 11.1 Å². The minimum atomic E-state index is -0.297. The standard InChI is InChI=1S/C27H39NO2/c1-26(2,3)20-14-19(15-21(16-20)27(4,5)6)22-17-24(25(29)30-7)28-23(22)13-18-11-9-8-10-12-18/h14-18,28H,8-13H2,1-7H3. The fourth-order valence-corrected chi connectivity index (χ4v) is 4.46. The summed E-state index contributed by atoms with van der Waals surface area (Å²) in [5, 5.41) is 0. The monoisotopic (exact) mass is 409 g/mol. The van der Waals surface area contributed by atoms with Gasteiger partial charge in [-0.3, -0.25) is 0 Å². The van der Waals surface area contributed by atoms with Crippen molar-refractivity contribution in [2.24, 2.45) is 5.92 Å². The maximum Gasteiger partial charge on any atom is 0.354 e. The molecule has 0 saturated heterocycles. The van der Waals surface area contributed by atoms with E-state index in [4.69, 9.17) is 4.74 Å². The molecular formula is C27H39NO2. The highest BCUT2D eigenvalue weighted by Gasteiger charge is 2.24. The molecule has 0 spiro atoms. The predicted molar refractivity (Wildman–Crippen MR) is 125 cm³/mol. The van der Waals surface area contributed by atoms with Crippen LogP contribution in [0.5, 0.6) is 0 Å². The van der Waals surface area contributed by atoms with Crippen LogP contribution in [0.25, 0.3) is 11.1 Å². The van der Waals surface area contributed by atoms with Crippen molar-refractivity contribution >= 4 is 5.97 Å². The Morgan fingerprint density at radius 3 is 2.00 bits per heavy atom. The van der Waals surface area contributed by atoms with Crippen molar-refractivity contribution < 1.29 is 9.53 Å². The number of hydrogen-bond donors (Lipinski definition) is 1. The van der Waals surface area contributed by atoms with Gasteiger partial charge in [-0.1, -0.05) is 91.8 Å². The highest BCUT2D eigenvalue weighted by Crippen LogP contribution is 2.37. The average molecular weight is 410 g/mol. The van der Waals surface area contributed by atoms with Gasteiger partial charge in [0, 0.05) is 11.3 Å². The van der Waals surface area contributed by atoms with E-state index in [0.29, 0.717) is 11.6 Å². The molecule has 1 aromatic carbocycles. The van der Waals surface area contributed by atoms with Crippen LogP contribution in [-0.4, -0.2) is 18.1 Å². The molecule has 0 radical (unpaired) electrons. The first kappa shape index (κ1) is 22.7. The van der Waals surface area contributed by atoms with E-state index in [0.717, 1.165) is 12.0 Å². The van der Waals surface area contributed by atoms with Crippen LogP contribution in [0.1, 0.15) is 101 Å². The lowest BCUT2D eigenvalue weighted by molar-refractivity contribution is 0.0594. The summed E-state index contributed by atoms with van der Waals surface area (Å²) in [5.74, 6) is 0.392. The second-order valence-corrected chi connectivity index (χ2v) is 11.1. The van der Waals surface area contributed by atoms with Crippen LogP contribution < -0.4 is 0 Å². The van der Waals surface area contributed by atoms with Gasteiger partial charge in [0.25, 0.3) is 0 Å². The molecule has 1 aliphatic rings. The van der Waals surface area contributed by atoms with Crippen LogP contribution in [0.15, 0.2) is 24.3 Å². The van der Waals surface area contributed by atoms with E-state index in [9.17, 15) is 4.79 Å². The van der Waals surface area contributed by atoms with Gasteiger partial charge in [0.2, 0.25) is 0 Å². The van der Waals surface area contributed by atoms with E-state index in [1.807, 2.05) is 6.07 Å². The number of hydrogen-bond acceptors (Lipinski definition) is 2. The summed E-state index contributed by atoms with van der Waals surface area (Å²) < 4.78 is 5.02. The second-order valence-electron chi connectivity index (χ2n) is 11.1.